The Balaban J connectivity index is 2.78. The summed E-state index contributed by atoms with van der Waals surface area (Å²) in [6.07, 6.45) is 3.98. The third-order valence-electron chi connectivity index (χ3n) is 3.28. The van der Waals surface area contributed by atoms with Gasteiger partial charge in [-0.2, -0.15) is 0 Å². The first-order chi connectivity index (χ1) is 9.08. The molecule has 0 amide bonds. The van der Waals surface area contributed by atoms with Gasteiger partial charge in [0.05, 0.1) is 6.10 Å². The molecule has 0 saturated heterocycles. The highest BCUT2D eigenvalue weighted by Gasteiger charge is 2.24. The van der Waals surface area contributed by atoms with E-state index in [1.54, 1.807) is 13.3 Å². The summed E-state index contributed by atoms with van der Waals surface area (Å²) in [5, 5.41) is 3.58. The van der Waals surface area contributed by atoms with Crippen LogP contribution in [0.15, 0.2) is 18.3 Å². The molecule has 0 aliphatic heterocycles. The van der Waals surface area contributed by atoms with E-state index in [2.05, 4.69) is 31.1 Å². The second-order valence-corrected chi connectivity index (χ2v) is 5.30. The van der Waals surface area contributed by atoms with Gasteiger partial charge in [-0.15, -0.1) is 0 Å². The third kappa shape index (κ3) is 5.17. The van der Waals surface area contributed by atoms with Crippen molar-refractivity contribution in [1.82, 2.24) is 10.3 Å². The second-order valence-electron chi connectivity index (χ2n) is 5.30. The molecule has 2 atom stereocenters. The van der Waals surface area contributed by atoms with E-state index in [0.29, 0.717) is 17.8 Å². The normalized spacial score (nSPS) is 14.6. The largest absolute Gasteiger partial charge is 0.384 e. The molecule has 1 aromatic heterocycles. The zero-order valence-corrected chi connectivity index (χ0v) is 12.5. The lowest BCUT2D eigenvalue weighted by atomic mass is 9.94. The van der Waals surface area contributed by atoms with Crippen LogP contribution in [0.5, 0.6) is 0 Å². The van der Waals surface area contributed by atoms with Crippen molar-refractivity contribution in [3.05, 3.63) is 23.9 Å². The summed E-state index contributed by atoms with van der Waals surface area (Å²) in [6, 6.07) is 4.25. The maximum absolute atomic E-state index is 5.74. The molecule has 0 fully saturated rings. The summed E-state index contributed by atoms with van der Waals surface area (Å²) in [6.45, 7) is 7.55. The number of hydrogen-bond acceptors (Lipinski definition) is 4. The monoisotopic (exact) mass is 265 g/mol. The Morgan fingerprint density at radius 2 is 2.16 bits per heavy atom. The number of rotatable bonds is 8. The van der Waals surface area contributed by atoms with Gasteiger partial charge in [-0.3, -0.25) is 0 Å². The summed E-state index contributed by atoms with van der Waals surface area (Å²) in [7, 11) is 1.78. The summed E-state index contributed by atoms with van der Waals surface area (Å²) < 4.78 is 5.66. The first kappa shape index (κ1) is 15.9. The Kier molecular flexibility index (Phi) is 6.81. The number of aromatic nitrogens is 1. The van der Waals surface area contributed by atoms with Gasteiger partial charge in [0, 0.05) is 19.3 Å². The van der Waals surface area contributed by atoms with Crippen LogP contribution < -0.4 is 11.1 Å². The van der Waals surface area contributed by atoms with Crippen molar-refractivity contribution in [1.29, 1.82) is 0 Å². The zero-order chi connectivity index (χ0) is 14.3. The van der Waals surface area contributed by atoms with Crippen LogP contribution in [0.4, 0.5) is 5.82 Å². The minimum absolute atomic E-state index is 0.195. The van der Waals surface area contributed by atoms with Gasteiger partial charge in [-0.25, -0.2) is 4.98 Å². The molecule has 1 aromatic rings. The standard InChI is InChI=1S/C15H27N3O/c1-5-7-17-13(15(19-4)11(2)3)9-12-6-8-18-14(16)10-12/h6,8,10-11,13,15,17H,5,7,9H2,1-4H3,(H2,16,18). The van der Waals surface area contributed by atoms with Crippen LogP contribution in [0.3, 0.4) is 0 Å². The molecule has 0 aliphatic carbocycles. The minimum atomic E-state index is 0.195. The van der Waals surface area contributed by atoms with E-state index < -0.39 is 0 Å². The molecule has 0 aromatic carbocycles. The first-order valence-electron chi connectivity index (χ1n) is 7.05. The van der Waals surface area contributed by atoms with Crippen LogP contribution >= 0.6 is 0 Å². The van der Waals surface area contributed by atoms with Crippen LogP contribution in [0, 0.1) is 5.92 Å². The number of pyridine rings is 1. The SMILES string of the molecule is CCCNC(Cc1ccnc(N)c1)C(OC)C(C)C. The number of hydrogen-bond donors (Lipinski definition) is 2. The smallest absolute Gasteiger partial charge is 0.123 e. The molecule has 3 N–H and O–H groups in total. The predicted octanol–water partition coefficient (Wildman–Crippen LogP) is 2.25. The number of nitrogens with one attached hydrogen (secondary N) is 1. The molecule has 4 nitrogen and oxygen atoms in total. The second kappa shape index (κ2) is 8.12. The maximum Gasteiger partial charge on any atom is 0.123 e. The van der Waals surface area contributed by atoms with Crippen LogP contribution in [0.2, 0.25) is 0 Å². The maximum atomic E-state index is 5.74. The van der Waals surface area contributed by atoms with Crippen LogP contribution in [0.1, 0.15) is 32.8 Å². The fraction of sp³-hybridized carbons (Fsp3) is 0.667. The highest BCUT2D eigenvalue weighted by molar-refractivity contribution is 5.32. The molecule has 0 aliphatic rings. The third-order valence-corrected chi connectivity index (χ3v) is 3.28. The van der Waals surface area contributed by atoms with Crippen molar-refractivity contribution in [3.8, 4) is 0 Å². The van der Waals surface area contributed by atoms with Gasteiger partial charge < -0.3 is 15.8 Å². The van der Waals surface area contributed by atoms with E-state index in [9.17, 15) is 0 Å². The molecule has 0 bridgehead atoms. The van der Waals surface area contributed by atoms with Crippen molar-refractivity contribution < 1.29 is 4.74 Å². The zero-order valence-electron chi connectivity index (χ0n) is 12.5. The van der Waals surface area contributed by atoms with E-state index in [1.165, 1.54) is 5.56 Å². The Morgan fingerprint density at radius 3 is 2.68 bits per heavy atom. The molecule has 0 spiro atoms. The lowest BCUT2D eigenvalue weighted by Crippen LogP contribution is -2.45. The predicted molar refractivity (Wildman–Crippen MR) is 80.1 cm³/mol. The van der Waals surface area contributed by atoms with Gasteiger partial charge in [0.15, 0.2) is 0 Å². The van der Waals surface area contributed by atoms with Crippen molar-refractivity contribution in [2.24, 2.45) is 5.92 Å². The van der Waals surface area contributed by atoms with E-state index in [1.807, 2.05) is 12.1 Å². The van der Waals surface area contributed by atoms with Crippen LogP contribution in [-0.2, 0) is 11.2 Å². The molecule has 4 heteroatoms. The van der Waals surface area contributed by atoms with Crippen molar-refractivity contribution in [2.75, 3.05) is 19.4 Å². The number of nitrogens with two attached hydrogens (primary N) is 1. The molecular formula is C15H27N3O. The average Bonchev–Trinajstić information content (AvgIpc) is 2.36. The van der Waals surface area contributed by atoms with Gasteiger partial charge >= 0.3 is 0 Å². The van der Waals surface area contributed by atoms with Gasteiger partial charge in [0.1, 0.15) is 5.82 Å². The van der Waals surface area contributed by atoms with Crippen LogP contribution in [-0.4, -0.2) is 30.8 Å². The fourth-order valence-electron chi connectivity index (χ4n) is 2.41. The molecular weight excluding hydrogens is 238 g/mol. The average molecular weight is 265 g/mol. The van der Waals surface area contributed by atoms with Crippen molar-refractivity contribution in [3.63, 3.8) is 0 Å². The van der Waals surface area contributed by atoms with E-state index in [0.717, 1.165) is 19.4 Å². The van der Waals surface area contributed by atoms with E-state index in [-0.39, 0.29) is 6.10 Å². The minimum Gasteiger partial charge on any atom is -0.384 e. The Morgan fingerprint density at radius 1 is 1.42 bits per heavy atom. The quantitative estimate of drug-likeness (QED) is 0.757. The molecule has 19 heavy (non-hydrogen) atoms. The lowest BCUT2D eigenvalue weighted by Gasteiger charge is -2.30. The molecule has 1 heterocycles. The van der Waals surface area contributed by atoms with E-state index in [4.69, 9.17) is 10.5 Å². The van der Waals surface area contributed by atoms with Gasteiger partial charge in [0.25, 0.3) is 0 Å². The van der Waals surface area contributed by atoms with Crippen molar-refractivity contribution in [2.45, 2.75) is 45.8 Å². The molecule has 2 unspecified atom stereocenters. The lowest BCUT2D eigenvalue weighted by molar-refractivity contribution is 0.0332. The topological polar surface area (TPSA) is 60.2 Å². The van der Waals surface area contributed by atoms with Gasteiger partial charge in [0.2, 0.25) is 0 Å². The molecule has 1 rings (SSSR count). The number of anilines is 1. The Hall–Kier alpha value is -1.13. The summed E-state index contributed by atoms with van der Waals surface area (Å²) in [5.74, 6) is 1.05. The first-order valence-corrected chi connectivity index (χ1v) is 7.05. The highest BCUT2D eigenvalue weighted by Crippen LogP contribution is 2.16. The Bertz CT molecular complexity index is 368. The molecule has 0 saturated carbocycles. The van der Waals surface area contributed by atoms with E-state index >= 15 is 0 Å². The van der Waals surface area contributed by atoms with Gasteiger partial charge in [-0.1, -0.05) is 20.8 Å². The number of nitrogens with zero attached hydrogens (tertiary/aromatic N) is 1. The summed E-state index contributed by atoms with van der Waals surface area (Å²) in [4.78, 5) is 4.04. The van der Waals surface area contributed by atoms with Crippen LogP contribution in [0.25, 0.3) is 0 Å². The Labute approximate surface area is 116 Å². The molecule has 108 valence electrons. The summed E-state index contributed by atoms with van der Waals surface area (Å²) >= 11 is 0. The fourth-order valence-corrected chi connectivity index (χ4v) is 2.41. The summed E-state index contributed by atoms with van der Waals surface area (Å²) in [5.41, 5.74) is 6.94. The van der Waals surface area contributed by atoms with Crippen molar-refractivity contribution >= 4 is 5.82 Å². The number of ether oxygens (including phenoxy) is 1. The number of nitrogen functional groups attached to an aromatic ring is 1. The molecule has 0 radical (unpaired) electrons. The highest BCUT2D eigenvalue weighted by atomic mass is 16.5. The number of methoxy groups -OCH3 is 1. The van der Waals surface area contributed by atoms with Gasteiger partial charge in [-0.05, 0) is 43.0 Å².